The third-order valence-corrected chi connectivity index (χ3v) is 4.03. The van der Waals surface area contributed by atoms with Crippen molar-refractivity contribution in [3.8, 4) is 0 Å². The second-order valence-corrected chi connectivity index (χ2v) is 6.78. The summed E-state index contributed by atoms with van der Waals surface area (Å²) >= 11 is 0. The molecule has 0 aromatic heterocycles. The molecule has 0 saturated carbocycles. The van der Waals surface area contributed by atoms with Crippen molar-refractivity contribution in [3.05, 3.63) is 29.8 Å². The van der Waals surface area contributed by atoms with Crippen LogP contribution in [0.4, 0.5) is 5.69 Å². The van der Waals surface area contributed by atoms with Gasteiger partial charge in [-0.1, -0.05) is 6.92 Å². The number of benzene rings is 1. The number of hydrogen-bond donors (Lipinski definition) is 1. The highest BCUT2D eigenvalue weighted by Crippen LogP contribution is 2.27. The molecule has 2 atom stereocenters. The molecule has 1 aliphatic rings. The number of ether oxygens (including phenoxy) is 1. The SMILES string of the molecule is CCC1OCCC1C(=O)c1ccc(NS(C)(=O)=O)cc1. The summed E-state index contributed by atoms with van der Waals surface area (Å²) in [6.07, 6.45) is 2.66. The minimum atomic E-state index is -3.29. The van der Waals surface area contributed by atoms with Crippen molar-refractivity contribution >= 4 is 21.5 Å². The van der Waals surface area contributed by atoms with Crippen LogP contribution >= 0.6 is 0 Å². The molecule has 1 heterocycles. The molecule has 2 unspecified atom stereocenters. The Balaban J connectivity index is 2.11. The van der Waals surface area contributed by atoms with Gasteiger partial charge in [-0.05, 0) is 37.1 Å². The van der Waals surface area contributed by atoms with Gasteiger partial charge in [0.1, 0.15) is 0 Å². The summed E-state index contributed by atoms with van der Waals surface area (Å²) in [5, 5.41) is 0. The highest BCUT2D eigenvalue weighted by molar-refractivity contribution is 7.92. The Morgan fingerprint density at radius 3 is 2.55 bits per heavy atom. The highest BCUT2D eigenvalue weighted by Gasteiger charge is 2.33. The van der Waals surface area contributed by atoms with E-state index in [4.69, 9.17) is 4.74 Å². The van der Waals surface area contributed by atoms with Crippen molar-refractivity contribution in [2.24, 2.45) is 5.92 Å². The van der Waals surface area contributed by atoms with Gasteiger partial charge in [0.05, 0.1) is 18.3 Å². The van der Waals surface area contributed by atoms with Crippen LogP contribution in [-0.2, 0) is 14.8 Å². The first-order chi connectivity index (χ1) is 9.40. The van der Waals surface area contributed by atoms with Crippen LogP contribution in [-0.4, -0.2) is 33.2 Å². The van der Waals surface area contributed by atoms with Crippen molar-refractivity contribution in [2.45, 2.75) is 25.9 Å². The summed E-state index contributed by atoms with van der Waals surface area (Å²) in [5.41, 5.74) is 1.05. The zero-order valence-corrected chi connectivity index (χ0v) is 12.4. The molecule has 2 rings (SSSR count). The van der Waals surface area contributed by atoms with Crippen LogP contribution in [0, 0.1) is 5.92 Å². The van der Waals surface area contributed by atoms with Crippen LogP contribution in [0.1, 0.15) is 30.1 Å². The molecule has 1 aromatic rings. The molecular weight excluding hydrogens is 278 g/mol. The first kappa shape index (κ1) is 15.0. The maximum atomic E-state index is 12.4. The standard InChI is InChI=1S/C14H19NO4S/c1-3-13-12(8-9-19-13)14(16)10-4-6-11(7-5-10)15-20(2,17)18/h4-7,12-13,15H,3,8-9H2,1-2H3. The summed E-state index contributed by atoms with van der Waals surface area (Å²) in [5.74, 6) is -0.0195. The summed E-state index contributed by atoms with van der Waals surface area (Å²) < 4.78 is 30.1. The van der Waals surface area contributed by atoms with E-state index in [1.54, 1.807) is 24.3 Å². The van der Waals surface area contributed by atoms with Gasteiger partial charge >= 0.3 is 0 Å². The second-order valence-electron chi connectivity index (χ2n) is 5.03. The Morgan fingerprint density at radius 2 is 2.00 bits per heavy atom. The van der Waals surface area contributed by atoms with E-state index in [0.717, 1.165) is 19.1 Å². The predicted molar refractivity (Wildman–Crippen MR) is 77.4 cm³/mol. The lowest BCUT2D eigenvalue weighted by Gasteiger charge is -2.15. The molecule has 0 radical (unpaired) electrons. The van der Waals surface area contributed by atoms with Crippen LogP contribution in [0.5, 0.6) is 0 Å². The molecule has 0 amide bonds. The van der Waals surface area contributed by atoms with E-state index in [9.17, 15) is 13.2 Å². The number of anilines is 1. The normalized spacial score (nSPS) is 22.7. The molecule has 1 aliphatic heterocycles. The van der Waals surface area contributed by atoms with E-state index in [0.29, 0.717) is 17.9 Å². The van der Waals surface area contributed by atoms with Crippen molar-refractivity contribution in [2.75, 3.05) is 17.6 Å². The smallest absolute Gasteiger partial charge is 0.229 e. The summed E-state index contributed by atoms with van der Waals surface area (Å²) in [6.45, 7) is 2.64. The second kappa shape index (κ2) is 5.93. The Morgan fingerprint density at radius 1 is 1.35 bits per heavy atom. The van der Waals surface area contributed by atoms with E-state index >= 15 is 0 Å². The molecular formula is C14H19NO4S. The molecule has 6 heteroatoms. The lowest BCUT2D eigenvalue weighted by molar-refractivity contribution is 0.0689. The van der Waals surface area contributed by atoms with Gasteiger partial charge in [-0.3, -0.25) is 9.52 Å². The van der Waals surface area contributed by atoms with Gasteiger partial charge in [0.25, 0.3) is 0 Å². The minimum absolute atomic E-state index is 0.00341. The fraction of sp³-hybridized carbons (Fsp3) is 0.500. The largest absolute Gasteiger partial charge is 0.377 e. The number of hydrogen-bond acceptors (Lipinski definition) is 4. The minimum Gasteiger partial charge on any atom is -0.377 e. The summed E-state index contributed by atoms with van der Waals surface area (Å²) in [6, 6.07) is 6.51. The Labute approximate surface area is 119 Å². The molecule has 1 fully saturated rings. The van der Waals surface area contributed by atoms with Crippen LogP contribution in [0.15, 0.2) is 24.3 Å². The third-order valence-electron chi connectivity index (χ3n) is 3.42. The average molecular weight is 297 g/mol. The number of nitrogens with one attached hydrogen (secondary N) is 1. The number of carbonyl (C=O) groups is 1. The third kappa shape index (κ3) is 3.58. The van der Waals surface area contributed by atoms with Crippen LogP contribution < -0.4 is 4.72 Å². The number of sulfonamides is 1. The maximum Gasteiger partial charge on any atom is 0.229 e. The van der Waals surface area contributed by atoms with Crippen molar-refractivity contribution in [1.82, 2.24) is 0 Å². The zero-order valence-electron chi connectivity index (χ0n) is 11.6. The Bertz CT molecular complexity index is 580. The Hall–Kier alpha value is -1.40. The van der Waals surface area contributed by atoms with Gasteiger partial charge < -0.3 is 4.74 Å². The van der Waals surface area contributed by atoms with Gasteiger partial charge in [0.2, 0.25) is 10.0 Å². The molecule has 110 valence electrons. The van der Waals surface area contributed by atoms with Crippen LogP contribution in [0.2, 0.25) is 0 Å². The molecule has 0 spiro atoms. The molecule has 0 aliphatic carbocycles. The summed E-state index contributed by atoms with van der Waals surface area (Å²) in [4.78, 5) is 12.4. The fourth-order valence-electron chi connectivity index (χ4n) is 2.48. The molecule has 5 nitrogen and oxygen atoms in total. The van der Waals surface area contributed by atoms with E-state index in [2.05, 4.69) is 4.72 Å². The predicted octanol–water partition coefficient (Wildman–Crippen LogP) is 2.06. The average Bonchev–Trinajstić information content (AvgIpc) is 2.85. The van der Waals surface area contributed by atoms with Crippen LogP contribution in [0.25, 0.3) is 0 Å². The lowest BCUT2D eigenvalue weighted by atomic mass is 9.90. The van der Waals surface area contributed by atoms with Crippen molar-refractivity contribution in [1.29, 1.82) is 0 Å². The number of carbonyl (C=O) groups excluding carboxylic acids is 1. The zero-order chi connectivity index (χ0) is 14.8. The topological polar surface area (TPSA) is 72.5 Å². The molecule has 1 saturated heterocycles. The monoisotopic (exact) mass is 297 g/mol. The highest BCUT2D eigenvalue weighted by atomic mass is 32.2. The van der Waals surface area contributed by atoms with E-state index in [-0.39, 0.29) is 17.8 Å². The molecule has 1 N–H and O–H groups in total. The van der Waals surface area contributed by atoms with Crippen LogP contribution in [0.3, 0.4) is 0 Å². The number of rotatable bonds is 5. The Kier molecular flexibility index (Phi) is 4.45. The lowest BCUT2D eigenvalue weighted by Crippen LogP contribution is -2.23. The van der Waals surface area contributed by atoms with Gasteiger partial charge in [0.15, 0.2) is 5.78 Å². The molecule has 1 aromatic carbocycles. The quantitative estimate of drug-likeness (QED) is 0.844. The molecule has 0 bridgehead atoms. The first-order valence-corrected chi connectivity index (χ1v) is 8.53. The van der Waals surface area contributed by atoms with Crippen molar-refractivity contribution in [3.63, 3.8) is 0 Å². The van der Waals surface area contributed by atoms with E-state index < -0.39 is 10.0 Å². The maximum absolute atomic E-state index is 12.4. The van der Waals surface area contributed by atoms with Gasteiger partial charge in [-0.25, -0.2) is 8.42 Å². The fourth-order valence-corrected chi connectivity index (χ4v) is 3.05. The van der Waals surface area contributed by atoms with E-state index in [1.165, 1.54) is 0 Å². The van der Waals surface area contributed by atoms with Crippen molar-refractivity contribution < 1.29 is 17.9 Å². The van der Waals surface area contributed by atoms with Gasteiger partial charge in [-0.2, -0.15) is 0 Å². The first-order valence-electron chi connectivity index (χ1n) is 6.64. The van der Waals surface area contributed by atoms with Gasteiger partial charge in [0, 0.05) is 17.9 Å². The summed E-state index contributed by atoms with van der Waals surface area (Å²) in [7, 11) is -3.29. The molecule has 20 heavy (non-hydrogen) atoms. The van der Waals surface area contributed by atoms with E-state index in [1.807, 2.05) is 6.92 Å². The van der Waals surface area contributed by atoms with Gasteiger partial charge in [-0.15, -0.1) is 0 Å². The number of ketones is 1. The number of Topliss-reactive ketones (excluding diaryl/α,β-unsaturated/α-hetero) is 1.